The first-order chi connectivity index (χ1) is 10.2. The summed E-state index contributed by atoms with van der Waals surface area (Å²) in [4.78, 5) is 9.06. The van der Waals surface area contributed by atoms with Crippen molar-refractivity contribution in [3.8, 4) is 0 Å². The molecule has 0 aliphatic heterocycles. The highest BCUT2D eigenvalue weighted by Gasteiger charge is 2.25. The van der Waals surface area contributed by atoms with Crippen molar-refractivity contribution in [2.24, 2.45) is 0 Å². The second-order valence-electron chi connectivity index (χ2n) is 5.11. The van der Waals surface area contributed by atoms with E-state index in [0.29, 0.717) is 0 Å². The molecule has 0 aliphatic rings. The van der Waals surface area contributed by atoms with Gasteiger partial charge in [0.05, 0.1) is 6.20 Å². The topological polar surface area (TPSA) is 54.2 Å². The standard InChI is InChI=1S/C15H25N5S/c1-5-15(6-2,21-4)11-18-13-14-17-8-9-20(14)10-12(19-13)16-7-3/h8-10,16H,5-7,11H2,1-4H3,(H,18,19). The zero-order chi connectivity index (χ0) is 15.3. The molecule has 0 atom stereocenters. The van der Waals surface area contributed by atoms with Crippen LogP contribution in [-0.2, 0) is 0 Å². The summed E-state index contributed by atoms with van der Waals surface area (Å²) in [5, 5.41) is 6.78. The van der Waals surface area contributed by atoms with E-state index in [2.05, 4.69) is 47.6 Å². The van der Waals surface area contributed by atoms with Crippen molar-refractivity contribution in [3.05, 3.63) is 18.6 Å². The van der Waals surface area contributed by atoms with Gasteiger partial charge in [0.1, 0.15) is 5.82 Å². The maximum absolute atomic E-state index is 4.65. The number of imidazole rings is 1. The summed E-state index contributed by atoms with van der Waals surface area (Å²) in [5.41, 5.74) is 0.874. The third-order valence-corrected chi connectivity index (χ3v) is 5.62. The maximum Gasteiger partial charge on any atom is 0.180 e. The predicted molar refractivity (Wildman–Crippen MR) is 92.5 cm³/mol. The van der Waals surface area contributed by atoms with E-state index in [1.54, 1.807) is 6.20 Å². The van der Waals surface area contributed by atoms with Crippen molar-refractivity contribution in [2.45, 2.75) is 38.4 Å². The lowest BCUT2D eigenvalue weighted by Crippen LogP contribution is -2.32. The lowest BCUT2D eigenvalue weighted by Gasteiger charge is -2.30. The summed E-state index contributed by atoms with van der Waals surface area (Å²) in [6.45, 7) is 8.31. The van der Waals surface area contributed by atoms with Gasteiger partial charge in [-0.25, -0.2) is 9.97 Å². The number of nitrogens with zero attached hydrogens (tertiary/aromatic N) is 3. The predicted octanol–water partition coefficient (Wildman–Crippen LogP) is 3.49. The summed E-state index contributed by atoms with van der Waals surface area (Å²) in [6, 6.07) is 0. The number of fused-ring (bicyclic) bond motifs is 1. The molecule has 0 fully saturated rings. The van der Waals surface area contributed by atoms with E-state index in [0.717, 1.165) is 43.2 Å². The van der Waals surface area contributed by atoms with Crippen LogP contribution in [-0.4, -0.2) is 38.5 Å². The van der Waals surface area contributed by atoms with Gasteiger partial charge in [-0.1, -0.05) is 13.8 Å². The molecule has 2 heterocycles. The third-order valence-electron chi connectivity index (χ3n) is 4.03. The number of aromatic nitrogens is 3. The molecule has 2 N–H and O–H groups in total. The average molecular weight is 307 g/mol. The highest BCUT2D eigenvalue weighted by molar-refractivity contribution is 8.00. The van der Waals surface area contributed by atoms with Crippen molar-refractivity contribution in [1.29, 1.82) is 0 Å². The molecule has 5 nitrogen and oxygen atoms in total. The molecular weight excluding hydrogens is 282 g/mol. The fourth-order valence-electron chi connectivity index (χ4n) is 2.42. The Kier molecular flexibility index (Phi) is 5.33. The van der Waals surface area contributed by atoms with Gasteiger partial charge in [-0.2, -0.15) is 11.8 Å². The highest BCUT2D eigenvalue weighted by atomic mass is 32.2. The Hall–Kier alpha value is -1.43. The molecule has 0 bridgehead atoms. The van der Waals surface area contributed by atoms with E-state index < -0.39 is 0 Å². The van der Waals surface area contributed by atoms with Gasteiger partial charge in [-0.3, -0.25) is 0 Å². The van der Waals surface area contributed by atoms with Gasteiger partial charge in [0, 0.05) is 30.2 Å². The molecule has 0 spiro atoms. The fourth-order valence-corrected chi connectivity index (χ4v) is 3.22. The van der Waals surface area contributed by atoms with Crippen LogP contribution in [0.15, 0.2) is 18.6 Å². The zero-order valence-electron chi connectivity index (χ0n) is 13.3. The molecule has 0 aliphatic carbocycles. The average Bonchev–Trinajstić information content (AvgIpc) is 2.98. The van der Waals surface area contributed by atoms with Crippen LogP contribution in [0.1, 0.15) is 33.6 Å². The van der Waals surface area contributed by atoms with Gasteiger partial charge in [0.15, 0.2) is 11.5 Å². The monoisotopic (exact) mass is 307 g/mol. The first-order valence-electron chi connectivity index (χ1n) is 7.54. The van der Waals surface area contributed by atoms with E-state index >= 15 is 0 Å². The molecule has 2 aromatic rings. The fraction of sp³-hybridized carbons (Fsp3) is 0.600. The van der Waals surface area contributed by atoms with Crippen LogP contribution in [0.4, 0.5) is 11.6 Å². The SMILES string of the molecule is CCNc1cn2ccnc2c(NCC(CC)(CC)SC)n1. The molecular formula is C15H25N5S. The van der Waals surface area contributed by atoms with Crippen molar-refractivity contribution >= 4 is 29.0 Å². The Labute approximate surface area is 130 Å². The zero-order valence-corrected chi connectivity index (χ0v) is 14.1. The number of thioether (sulfide) groups is 1. The van der Waals surface area contributed by atoms with Crippen LogP contribution in [0.2, 0.25) is 0 Å². The van der Waals surface area contributed by atoms with Crippen LogP contribution >= 0.6 is 11.8 Å². The summed E-state index contributed by atoms with van der Waals surface area (Å²) in [5.74, 6) is 1.71. The molecule has 0 radical (unpaired) electrons. The normalized spacial score (nSPS) is 11.8. The molecule has 2 aromatic heterocycles. The molecule has 0 aromatic carbocycles. The Morgan fingerprint density at radius 1 is 1.24 bits per heavy atom. The van der Waals surface area contributed by atoms with Gasteiger partial charge in [0.2, 0.25) is 0 Å². The van der Waals surface area contributed by atoms with Gasteiger partial charge in [0.25, 0.3) is 0 Å². The number of anilines is 2. The minimum Gasteiger partial charge on any atom is -0.369 e. The smallest absolute Gasteiger partial charge is 0.180 e. The number of rotatable bonds is 8. The van der Waals surface area contributed by atoms with Crippen molar-refractivity contribution in [1.82, 2.24) is 14.4 Å². The number of nitrogens with one attached hydrogen (secondary N) is 2. The summed E-state index contributed by atoms with van der Waals surface area (Å²) in [6.07, 6.45) is 10.2. The Morgan fingerprint density at radius 3 is 2.62 bits per heavy atom. The molecule has 0 saturated heterocycles. The second-order valence-corrected chi connectivity index (χ2v) is 6.39. The molecule has 0 unspecified atom stereocenters. The van der Waals surface area contributed by atoms with Crippen molar-refractivity contribution in [2.75, 3.05) is 30.0 Å². The molecule has 6 heteroatoms. The first-order valence-corrected chi connectivity index (χ1v) is 8.77. The number of hydrogen-bond acceptors (Lipinski definition) is 5. The minimum atomic E-state index is 0.249. The van der Waals surface area contributed by atoms with E-state index in [1.807, 2.05) is 28.6 Å². The molecule has 2 rings (SSSR count). The summed E-state index contributed by atoms with van der Waals surface area (Å²) in [7, 11) is 0. The molecule has 0 amide bonds. The summed E-state index contributed by atoms with van der Waals surface area (Å²) >= 11 is 1.93. The van der Waals surface area contributed by atoms with Crippen LogP contribution < -0.4 is 10.6 Å². The van der Waals surface area contributed by atoms with E-state index in [1.165, 1.54) is 0 Å². The quantitative estimate of drug-likeness (QED) is 0.782. The molecule has 0 saturated carbocycles. The summed E-state index contributed by atoms with van der Waals surface area (Å²) < 4.78 is 2.26. The van der Waals surface area contributed by atoms with Gasteiger partial charge in [-0.05, 0) is 26.0 Å². The van der Waals surface area contributed by atoms with Crippen LogP contribution in [0.25, 0.3) is 5.65 Å². The highest BCUT2D eigenvalue weighted by Crippen LogP contribution is 2.31. The van der Waals surface area contributed by atoms with Gasteiger partial charge in [-0.15, -0.1) is 0 Å². The Bertz CT molecular complexity index is 568. The lowest BCUT2D eigenvalue weighted by atomic mass is 10.0. The maximum atomic E-state index is 4.65. The molecule has 21 heavy (non-hydrogen) atoms. The van der Waals surface area contributed by atoms with Crippen molar-refractivity contribution < 1.29 is 0 Å². The van der Waals surface area contributed by atoms with Crippen LogP contribution in [0.3, 0.4) is 0 Å². The largest absolute Gasteiger partial charge is 0.369 e. The van der Waals surface area contributed by atoms with E-state index in [-0.39, 0.29) is 4.75 Å². The van der Waals surface area contributed by atoms with Gasteiger partial charge >= 0.3 is 0 Å². The number of hydrogen-bond donors (Lipinski definition) is 2. The van der Waals surface area contributed by atoms with E-state index in [9.17, 15) is 0 Å². The first kappa shape index (κ1) is 15.9. The Morgan fingerprint density at radius 2 is 2.00 bits per heavy atom. The Balaban J connectivity index is 2.26. The molecule has 116 valence electrons. The lowest BCUT2D eigenvalue weighted by molar-refractivity contribution is 0.574. The van der Waals surface area contributed by atoms with Crippen LogP contribution in [0, 0.1) is 0 Å². The second kappa shape index (κ2) is 7.02. The third kappa shape index (κ3) is 3.43. The minimum absolute atomic E-state index is 0.249. The van der Waals surface area contributed by atoms with Crippen LogP contribution in [0.5, 0.6) is 0 Å². The van der Waals surface area contributed by atoms with Gasteiger partial charge < -0.3 is 15.0 Å². The van der Waals surface area contributed by atoms with E-state index in [4.69, 9.17) is 0 Å². The van der Waals surface area contributed by atoms with Crippen molar-refractivity contribution in [3.63, 3.8) is 0 Å².